The summed E-state index contributed by atoms with van der Waals surface area (Å²) in [4.78, 5) is 16.8. The van der Waals surface area contributed by atoms with Crippen LogP contribution in [0.2, 0.25) is 0 Å². The molecule has 2 unspecified atom stereocenters. The molecule has 1 aliphatic rings. The Labute approximate surface area is 114 Å². The number of carbonyl (C=O) groups is 1. The van der Waals surface area contributed by atoms with Gasteiger partial charge in [0.1, 0.15) is 6.10 Å². The third-order valence-corrected chi connectivity index (χ3v) is 3.90. The second kappa shape index (κ2) is 3.88. The van der Waals surface area contributed by atoms with Crippen LogP contribution in [-0.4, -0.2) is 33.8 Å². The number of aliphatic hydroxyl groups excluding tert-OH is 1. The molecule has 3 heterocycles. The fourth-order valence-electron chi connectivity index (χ4n) is 3.02. The molecule has 0 saturated carbocycles. The highest BCUT2D eigenvalue weighted by atomic mass is 16.5. The van der Waals surface area contributed by atoms with Crippen LogP contribution in [0.5, 0.6) is 0 Å². The van der Waals surface area contributed by atoms with Gasteiger partial charge in [0.05, 0.1) is 16.7 Å². The Balaban J connectivity index is 2.25. The molecule has 2 atom stereocenters. The third-order valence-electron chi connectivity index (χ3n) is 3.90. The average molecular weight is 268 g/mol. The van der Waals surface area contributed by atoms with E-state index >= 15 is 0 Å². The van der Waals surface area contributed by atoms with Crippen LogP contribution in [0.15, 0.2) is 36.5 Å². The number of rotatable bonds is 1. The Kier molecular flexibility index (Phi) is 2.24. The molecule has 1 aromatic carbocycles. The highest BCUT2D eigenvalue weighted by Crippen LogP contribution is 2.37. The van der Waals surface area contributed by atoms with Gasteiger partial charge < -0.3 is 9.84 Å². The summed E-state index contributed by atoms with van der Waals surface area (Å²) in [6.07, 6.45) is -0.301. The molecule has 0 fully saturated rings. The number of hydrogen-bond acceptors (Lipinski definition) is 4. The van der Waals surface area contributed by atoms with Gasteiger partial charge in [0.25, 0.3) is 5.91 Å². The van der Waals surface area contributed by atoms with E-state index in [9.17, 15) is 9.90 Å². The van der Waals surface area contributed by atoms with Gasteiger partial charge in [0.15, 0.2) is 6.10 Å². The minimum absolute atomic E-state index is 0.258. The summed E-state index contributed by atoms with van der Waals surface area (Å²) >= 11 is 0. The van der Waals surface area contributed by atoms with Crippen molar-refractivity contribution in [1.82, 2.24) is 9.55 Å². The van der Waals surface area contributed by atoms with E-state index in [-0.39, 0.29) is 5.91 Å². The summed E-state index contributed by atoms with van der Waals surface area (Å²) in [6.45, 7) is 0. The SMILES string of the molecule is COC1C(=O)n2c3ccccc3c3ccnc(c32)C1O. The van der Waals surface area contributed by atoms with E-state index in [1.807, 2.05) is 30.3 Å². The van der Waals surface area contributed by atoms with Crippen LogP contribution in [0.25, 0.3) is 21.8 Å². The first-order valence-corrected chi connectivity index (χ1v) is 6.37. The summed E-state index contributed by atoms with van der Waals surface area (Å²) < 4.78 is 6.77. The number of methoxy groups -OCH3 is 1. The molecule has 2 aromatic heterocycles. The molecule has 0 spiro atoms. The van der Waals surface area contributed by atoms with E-state index in [1.165, 1.54) is 7.11 Å². The summed E-state index contributed by atoms with van der Waals surface area (Å²) in [5.41, 5.74) is 1.99. The van der Waals surface area contributed by atoms with Gasteiger partial charge in [0, 0.05) is 24.1 Å². The van der Waals surface area contributed by atoms with Crippen molar-refractivity contribution in [3.05, 3.63) is 42.2 Å². The predicted molar refractivity (Wildman–Crippen MR) is 73.6 cm³/mol. The Morgan fingerprint density at radius 2 is 2.05 bits per heavy atom. The normalized spacial score (nSPS) is 21.8. The van der Waals surface area contributed by atoms with Gasteiger partial charge in [-0.25, -0.2) is 0 Å². The van der Waals surface area contributed by atoms with Crippen LogP contribution >= 0.6 is 0 Å². The molecule has 4 rings (SSSR count). The van der Waals surface area contributed by atoms with Crippen molar-refractivity contribution in [1.29, 1.82) is 0 Å². The molecule has 3 aromatic rings. The first-order chi connectivity index (χ1) is 9.74. The molecule has 0 radical (unpaired) electrons. The number of para-hydroxylation sites is 1. The smallest absolute Gasteiger partial charge is 0.263 e. The van der Waals surface area contributed by atoms with Crippen molar-refractivity contribution >= 4 is 27.7 Å². The number of benzene rings is 1. The molecular formula is C15H12N2O3. The third kappa shape index (κ3) is 1.23. The lowest BCUT2D eigenvalue weighted by Gasteiger charge is -2.26. The molecule has 1 N–H and O–H groups in total. The zero-order valence-corrected chi connectivity index (χ0v) is 10.8. The summed E-state index contributed by atoms with van der Waals surface area (Å²) in [6, 6.07) is 9.54. The van der Waals surface area contributed by atoms with Crippen LogP contribution in [0.1, 0.15) is 16.6 Å². The maximum Gasteiger partial charge on any atom is 0.263 e. The van der Waals surface area contributed by atoms with Gasteiger partial charge >= 0.3 is 0 Å². The molecule has 1 aliphatic heterocycles. The van der Waals surface area contributed by atoms with Gasteiger partial charge in [-0.1, -0.05) is 18.2 Å². The fourth-order valence-corrected chi connectivity index (χ4v) is 3.02. The van der Waals surface area contributed by atoms with E-state index in [1.54, 1.807) is 10.8 Å². The van der Waals surface area contributed by atoms with Crippen molar-refractivity contribution in [3.63, 3.8) is 0 Å². The Morgan fingerprint density at radius 3 is 2.85 bits per heavy atom. The van der Waals surface area contributed by atoms with Crippen LogP contribution in [-0.2, 0) is 4.74 Å². The number of aromatic nitrogens is 2. The maximum absolute atomic E-state index is 12.6. The molecule has 100 valence electrons. The average Bonchev–Trinajstić information content (AvgIpc) is 2.81. The topological polar surface area (TPSA) is 64.4 Å². The summed E-state index contributed by atoms with van der Waals surface area (Å²) in [7, 11) is 1.42. The lowest BCUT2D eigenvalue weighted by Crippen LogP contribution is -2.38. The molecule has 5 nitrogen and oxygen atoms in total. The standard InChI is InChI=1S/C15H12N2O3/c1-20-14-13(18)11-12-9(6-7-16-11)8-4-2-3-5-10(8)17(12)15(14)19/h2-7,13-14,18H,1H3. The highest BCUT2D eigenvalue weighted by Gasteiger charge is 2.38. The summed E-state index contributed by atoms with van der Waals surface area (Å²) in [5, 5.41) is 12.2. The van der Waals surface area contributed by atoms with Crippen molar-refractivity contribution in [2.24, 2.45) is 0 Å². The fraction of sp³-hybridized carbons (Fsp3) is 0.200. The van der Waals surface area contributed by atoms with Gasteiger partial charge in [-0.2, -0.15) is 0 Å². The van der Waals surface area contributed by atoms with Gasteiger partial charge in [-0.05, 0) is 12.1 Å². The van der Waals surface area contributed by atoms with Crippen molar-refractivity contribution in [3.8, 4) is 0 Å². The van der Waals surface area contributed by atoms with E-state index in [0.29, 0.717) is 11.2 Å². The Hall–Kier alpha value is -2.24. The zero-order valence-electron chi connectivity index (χ0n) is 10.8. The molecule has 20 heavy (non-hydrogen) atoms. The predicted octanol–water partition coefficient (Wildman–Crippen LogP) is 1.89. The first-order valence-electron chi connectivity index (χ1n) is 6.37. The zero-order chi connectivity index (χ0) is 13.9. The van der Waals surface area contributed by atoms with Crippen molar-refractivity contribution in [2.45, 2.75) is 12.2 Å². The van der Waals surface area contributed by atoms with E-state index < -0.39 is 12.2 Å². The quantitative estimate of drug-likeness (QED) is 0.732. The second-order valence-electron chi connectivity index (χ2n) is 4.88. The molecule has 5 heteroatoms. The van der Waals surface area contributed by atoms with Crippen LogP contribution in [0.3, 0.4) is 0 Å². The number of nitrogens with zero attached hydrogens (tertiary/aromatic N) is 2. The molecule has 0 amide bonds. The summed E-state index contributed by atoms with van der Waals surface area (Å²) in [5.74, 6) is -0.258. The van der Waals surface area contributed by atoms with Gasteiger partial charge in [-0.15, -0.1) is 0 Å². The van der Waals surface area contributed by atoms with E-state index in [2.05, 4.69) is 4.98 Å². The Bertz CT molecular complexity index is 853. The molecule has 0 saturated heterocycles. The largest absolute Gasteiger partial charge is 0.383 e. The van der Waals surface area contributed by atoms with Crippen LogP contribution in [0.4, 0.5) is 0 Å². The van der Waals surface area contributed by atoms with Crippen LogP contribution in [0, 0.1) is 0 Å². The number of carbonyl (C=O) groups excluding carboxylic acids is 1. The minimum Gasteiger partial charge on any atom is -0.383 e. The lowest BCUT2D eigenvalue weighted by atomic mass is 10.0. The van der Waals surface area contributed by atoms with Crippen molar-refractivity contribution < 1.29 is 14.6 Å². The monoisotopic (exact) mass is 268 g/mol. The first kappa shape index (κ1) is 11.6. The van der Waals surface area contributed by atoms with Gasteiger partial charge in [0.2, 0.25) is 0 Å². The lowest BCUT2D eigenvalue weighted by molar-refractivity contribution is -0.0117. The highest BCUT2D eigenvalue weighted by molar-refractivity contribution is 6.15. The number of fused-ring (bicyclic) bond motifs is 3. The second-order valence-corrected chi connectivity index (χ2v) is 4.88. The van der Waals surface area contributed by atoms with Gasteiger partial charge in [-0.3, -0.25) is 14.3 Å². The molecular weight excluding hydrogens is 256 g/mol. The molecule has 0 bridgehead atoms. The minimum atomic E-state index is -1.03. The maximum atomic E-state index is 12.6. The number of ether oxygens (including phenoxy) is 1. The number of aliphatic hydroxyl groups is 1. The number of hydrogen-bond donors (Lipinski definition) is 1. The van der Waals surface area contributed by atoms with Crippen LogP contribution < -0.4 is 0 Å². The van der Waals surface area contributed by atoms with Crippen molar-refractivity contribution in [2.75, 3.05) is 7.11 Å². The number of pyridine rings is 1. The van der Waals surface area contributed by atoms with E-state index in [4.69, 9.17) is 4.74 Å². The molecule has 0 aliphatic carbocycles. The Morgan fingerprint density at radius 1 is 1.25 bits per heavy atom. The van der Waals surface area contributed by atoms with E-state index in [0.717, 1.165) is 16.3 Å².